The number of esters is 1. The average Bonchev–Trinajstić information content (AvgIpc) is 3.61. The molecule has 4 unspecified atom stereocenters. The first-order chi connectivity index (χ1) is 21.8. The van der Waals surface area contributed by atoms with Gasteiger partial charge in [-0.15, -0.1) is 0 Å². The monoisotopic (exact) mass is 665 g/mol. The smallest absolute Gasteiger partial charge is 0.303 e. The normalized spacial score (nSPS) is 55.4. The van der Waals surface area contributed by atoms with Crippen LogP contribution in [-0.4, -0.2) is 104 Å². The quantitative estimate of drug-likeness (QED) is 0.187. The average molecular weight is 666 g/mol. The summed E-state index contributed by atoms with van der Waals surface area (Å²) in [6.07, 6.45) is -0.467. The number of aliphatic hydroxyl groups excluding tert-OH is 4. The standard InChI is InChI=1S/C36H59NO10/c1-17-14-20(29(32(5,6)43)45-18(2)38)46-27-24(17)33(7)12-13-35-16-34(35)11-10-23(47-30-26(41)25(40)19(39)15-44-30)31(3,4)21(34)8-9-22(35)36(33,37)28(27)42/h17,19-30,39-43H,8-16,37H2,1-7H3/t17-,19?,20?,21+,22?,23+,24+,25+,26-,27?,28+,29+,30+,33-,34-,35+,36+/m1/s1. The van der Waals surface area contributed by atoms with E-state index in [0.717, 1.165) is 44.9 Å². The van der Waals surface area contributed by atoms with Gasteiger partial charge in [-0.05, 0) is 111 Å². The van der Waals surface area contributed by atoms with Crippen molar-refractivity contribution in [3.05, 3.63) is 0 Å². The fourth-order valence-corrected chi connectivity index (χ4v) is 13.3. The van der Waals surface area contributed by atoms with Gasteiger partial charge < -0.3 is 50.2 Å². The van der Waals surface area contributed by atoms with E-state index >= 15 is 0 Å². The number of carbonyl (C=O) groups is 1. The first-order valence-corrected chi connectivity index (χ1v) is 18.1. The second-order valence-electron chi connectivity index (χ2n) is 18.3. The summed E-state index contributed by atoms with van der Waals surface area (Å²) in [5.74, 6) is 0.210. The Morgan fingerprint density at radius 2 is 1.64 bits per heavy atom. The maximum Gasteiger partial charge on any atom is 0.303 e. The fraction of sp³-hybridized carbons (Fsp3) is 0.972. The molecule has 7 N–H and O–H groups in total. The third-order valence-electron chi connectivity index (χ3n) is 15.3. The van der Waals surface area contributed by atoms with Gasteiger partial charge in [-0.3, -0.25) is 4.79 Å². The zero-order valence-corrected chi connectivity index (χ0v) is 29.2. The first kappa shape index (κ1) is 34.6. The third kappa shape index (κ3) is 4.53. The Morgan fingerprint density at radius 3 is 2.30 bits per heavy atom. The zero-order valence-electron chi connectivity index (χ0n) is 29.2. The van der Waals surface area contributed by atoms with Crippen LogP contribution in [0.5, 0.6) is 0 Å². The molecule has 11 nitrogen and oxygen atoms in total. The summed E-state index contributed by atoms with van der Waals surface area (Å²) in [6.45, 7) is 13.5. The summed E-state index contributed by atoms with van der Waals surface area (Å²) >= 11 is 0. The van der Waals surface area contributed by atoms with Crippen LogP contribution in [0.4, 0.5) is 0 Å². The minimum atomic E-state index is -1.32. The molecule has 2 spiro atoms. The van der Waals surface area contributed by atoms with E-state index in [4.69, 9.17) is 24.7 Å². The van der Waals surface area contributed by atoms with Crippen LogP contribution in [0.3, 0.4) is 0 Å². The summed E-state index contributed by atoms with van der Waals surface area (Å²) < 4.78 is 24.4. The molecule has 7 aliphatic rings. The van der Waals surface area contributed by atoms with Crippen molar-refractivity contribution in [2.75, 3.05) is 6.61 Å². The van der Waals surface area contributed by atoms with Crippen molar-refractivity contribution in [3.8, 4) is 0 Å². The van der Waals surface area contributed by atoms with E-state index in [1.54, 1.807) is 13.8 Å². The molecule has 0 amide bonds. The topological polar surface area (TPSA) is 181 Å². The van der Waals surface area contributed by atoms with Crippen LogP contribution in [0.2, 0.25) is 0 Å². The largest absolute Gasteiger partial charge is 0.457 e. The molecular formula is C36H59NO10. The Hall–Kier alpha value is -0.890. The molecule has 2 heterocycles. The molecule has 5 saturated carbocycles. The van der Waals surface area contributed by atoms with Crippen molar-refractivity contribution in [2.45, 2.75) is 166 Å². The lowest BCUT2D eigenvalue weighted by molar-refractivity contribution is -0.302. The molecule has 2 saturated heterocycles. The Kier molecular flexibility index (Phi) is 7.95. The lowest BCUT2D eigenvalue weighted by Crippen LogP contribution is -2.70. The molecule has 0 aromatic heterocycles. The predicted octanol–water partition coefficient (Wildman–Crippen LogP) is 2.02. The van der Waals surface area contributed by atoms with Gasteiger partial charge in [-0.25, -0.2) is 0 Å². The number of rotatable bonds is 5. The van der Waals surface area contributed by atoms with E-state index < -0.39 is 66.1 Å². The number of nitrogens with two attached hydrogens (primary N) is 1. The molecule has 0 bridgehead atoms. The van der Waals surface area contributed by atoms with E-state index in [9.17, 15) is 30.3 Å². The molecule has 0 aromatic rings. The molecule has 7 rings (SSSR count). The van der Waals surface area contributed by atoms with E-state index in [1.165, 1.54) is 6.92 Å². The SMILES string of the molecule is CC(=O)O[C@@H](C1C[C@@H](C)[C@H]2C(O1)[C@H](O)[C@@]1(N)C3CC[C@H]4C(C)(C)[C@@H](O[C@@H]5OCC(O)[C@H](O)[C@H]5O)CC[C@@]45C[C@@]35CC[C@]21C)C(C)(C)O. The van der Waals surface area contributed by atoms with Gasteiger partial charge in [0.25, 0.3) is 0 Å². The highest BCUT2D eigenvalue weighted by Crippen LogP contribution is 2.87. The highest BCUT2D eigenvalue weighted by atomic mass is 16.7. The molecule has 2 aliphatic heterocycles. The molecule has 268 valence electrons. The summed E-state index contributed by atoms with van der Waals surface area (Å²) in [6, 6.07) is 0. The predicted molar refractivity (Wildman–Crippen MR) is 169 cm³/mol. The van der Waals surface area contributed by atoms with Crippen LogP contribution in [0.25, 0.3) is 0 Å². The molecule has 5 aliphatic carbocycles. The summed E-state index contributed by atoms with van der Waals surface area (Å²) in [4.78, 5) is 12.0. The Morgan fingerprint density at radius 1 is 0.979 bits per heavy atom. The van der Waals surface area contributed by atoms with Gasteiger partial charge >= 0.3 is 5.97 Å². The number of hydrogen-bond acceptors (Lipinski definition) is 11. The van der Waals surface area contributed by atoms with Crippen LogP contribution in [0, 0.1) is 45.3 Å². The Bertz CT molecular complexity index is 1260. The number of hydrogen-bond donors (Lipinski definition) is 6. The first-order valence-electron chi connectivity index (χ1n) is 18.1. The second-order valence-corrected chi connectivity index (χ2v) is 18.3. The minimum Gasteiger partial charge on any atom is -0.457 e. The number of ether oxygens (including phenoxy) is 4. The van der Waals surface area contributed by atoms with E-state index in [-0.39, 0.29) is 52.1 Å². The summed E-state index contributed by atoms with van der Waals surface area (Å²) in [5.41, 5.74) is 5.11. The van der Waals surface area contributed by atoms with Gasteiger partial charge in [-0.1, -0.05) is 27.7 Å². The highest BCUT2D eigenvalue weighted by Gasteiger charge is 2.85. The summed E-state index contributed by atoms with van der Waals surface area (Å²) in [7, 11) is 0. The third-order valence-corrected chi connectivity index (χ3v) is 15.3. The Balaban J connectivity index is 1.14. The lowest BCUT2D eigenvalue weighted by Gasteiger charge is -2.63. The number of carbonyl (C=O) groups excluding carboxylic acids is 1. The molecular weight excluding hydrogens is 606 g/mol. The lowest BCUT2D eigenvalue weighted by atomic mass is 9.43. The number of aliphatic hydroxyl groups is 5. The van der Waals surface area contributed by atoms with Crippen LogP contribution >= 0.6 is 0 Å². The molecule has 47 heavy (non-hydrogen) atoms. The van der Waals surface area contributed by atoms with Gasteiger partial charge in [0.2, 0.25) is 0 Å². The zero-order chi connectivity index (χ0) is 34.3. The molecule has 7 fully saturated rings. The van der Waals surface area contributed by atoms with Gasteiger partial charge in [0, 0.05) is 6.92 Å². The second kappa shape index (κ2) is 10.8. The molecule has 11 heteroatoms. The van der Waals surface area contributed by atoms with Crippen molar-refractivity contribution in [3.63, 3.8) is 0 Å². The fourth-order valence-electron chi connectivity index (χ4n) is 13.3. The molecule has 17 atom stereocenters. The van der Waals surface area contributed by atoms with Crippen molar-refractivity contribution in [1.29, 1.82) is 0 Å². The van der Waals surface area contributed by atoms with Crippen molar-refractivity contribution in [1.82, 2.24) is 0 Å². The van der Waals surface area contributed by atoms with E-state index in [2.05, 4.69) is 27.7 Å². The van der Waals surface area contributed by atoms with E-state index in [0.29, 0.717) is 12.3 Å². The van der Waals surface area contributed by atoms with Crippen molar-refractivity contribution >= 4 is 5.97 Å². The van der Waals surface area contributed by atoms with Crippen molar-refractivity contribution < 1.29 is 49.3 Å². The summed E-state index contributed by atoms with van der Waals surface area (Å²) in [5, 5.41) is 54.2. The number of fused-ring (bicyclic) bond motifs is 4. The van der Waals surface area contributed by atoms with Crippen LogP contribution < -0.4 is 5.73 Å². The van der Waals surface area contributed by atoms with Gasteiger partial charge in [0.05, 0.1) is 42.2 Å². The molecule has 0 aromatic carbocycles. The minimum absolute atomic E-state index is 0.0258. The van der Waals surface area contributed by atoms with E-state index in [1.807, 2.05) is 0 Å². The van der Waals surface area contributed by atoms with Gasteiger partial charge in [0.15, 0.2) is 12.4 Å². The Labute approximate surface area is 278 Å². The van der Waals surface area contributed by atoms with Crippen LogP contribution in [-0.2, 0) is 23.7 Å². The molecule has 0 radical (unpaired) electrons. The highest BCUT2D eigenvalue weighted by molar-refractivity contribution is 5.66. The van der Waals surface area contributed by atoms with Crippen molar-refractivity contribution in [2.24, 2.45) is 51.1 Å². The van der Waals surface area contributed by atoms with Gasteiger partial charge in [-0.2, -0.15) is 0 Å². The van der Waals surface area contributed by atoms with Gasteiger partial charge in [0.1, 0.15) is 18.3 Å². The maximum absolute atomic E-state index is 12.4. The van der Waals surface area contributed by atoms with Crippen LogP contribution in [0.15, 0.2) is 0 Å². The van der Waals surface area contributed by atoms with Crippen LogP contribution in [0.1, 0.15) is 99.8 Å². The maximum atomic E-state index is 12.4.